The Hall–Kier alpha value is -3.67. The van der Waals surface area contributed by atoms with E-state index >= 15 is 0 Å². The summed E-state index contributed by atoms with van der Waals surface area (Å²) in [6, 6.07) is 5.27. The summed E-state index contributed by atoms with van der Waals surface area (Å²) in [5.74, 6) is -2.38. The molecule has 218 valence electrons. The topological polar surface area (TPSA) is 195 Å². The summed E-state index contributed by atoms with van der Waals surface area (Å²) in [6.45, 7) is 5.62. The Bertz CT molecular complexity index is 929. The van der Waals surface area contributed by atoms with E-state index in [0.717, 1.165) is 12.0 Å². The smallest absolute Gasteiger partial charge is 0.407 e. The van der Waals surface area contributed by atoms with Gasteiger partial charge in [-0.1, -0.05) is 50.1 Å². The number of carbonyl (C=O) groups is 5. The summed E-state index contributed by atoms with van der Waals surface area (Å²) in [4.78, 5) is 62.9. The molecule has 0 aliphatic rings. The lowest BCUT2D eigenvalue weighted by molar-refractivity contribution is -0.133. The van der Waals surface area contributed by atoms with Crippen LogP contribution in [0.5, 0.6) is 0 Å². The first-order chi connectivity index (χ1) is 18.6. The third-order valence-electron chi connectivity index (χ3n) is 6.00. The molecule has 1 rings (SSSR count). The molecule has 0 bridgehead atoms. The first-order valence-electron chi connectivity index (χ1n) is 13.5. The highest BCUT2D eigenvalue weighted by atomic mass is 16.5. The van der Waals surface area contributed by atoms with Gasteiger partial charge in [0, 0.05) is 6.42 Å². The number of nitrogens with one attached hydrogen (secondary N) is 4. The fourth-order valence-electron chi connectivity index (χ4n) is 3.78. The first kappa shape index (κ1) is 33.4. The van der Waals surface area contributed by atoms with E-state index in [2.05, 4.69) is 21.3 Å². The van der Waals surface area contributed by atoms with Gasteiger partial charge in [0.2, 0.25) is 23.6 Å². The third-order valence-corrected chi connectivity index (χ3v) is 6.00. The zero-order valence-electron chi connectivity index (χ0n) is 23.2. The van der Waals surface area contributed by atoms with E-state index in [-0.39, 0.29) is 19.4 Å². The Morgan fingerprint density at radius 3 is 2.00 bits per heavy atom. The lowest BCUT2D eigenvalue weighted by Crippen LogP contribution is -2.57. The monoisotopic (exact) mass is 548 g/mol. The fourth-order valence-corrected chi connectivity index (χ4v) is 3.78. The number of alkyl carbamates (subject to hydrolysis) is 1. The summed E-state index contributed by atoms with van der Waals surface area (Å²) in [5, 5.41) is 10.4. The Labute approximate surface area is 230 Å². The van der Waals surface area contributed by atoms with Crippen molar-refractivity contribution in [2.75, 3.05) is 13.2 Å². The van der Waals surface area contributed by atoms with Crippen molar-refractivity contribution >= 4 is 29.7 Å². The molecule has 5 amide bonds. The Morgan fingerprint density at radius 2 is 1.41 bits per heavy atom. The molecule has 1 aromatic rings. The molecule has 4 atom stereocenters. The van der Waals surface area contributed by atoms with Crippen LogP contribution in [0, 0.1) is 0 Å². The normalized spacial score (nSPS) is 13.7. The molecular weight excluding hydrogens is 504 g/mol. The predicted octanol–water partition coefficient (Wildman–Crippen LogP) is 0.623. The van der Waals surface area contributed by atoms with E-state index < -0.39 is 53.9 Å². The SMILES string of the molecule is CCCC[C@H](NC(=O)[C@H](C)NC(=O)[C@H](CCCCN)NC(=O)[C@H](Cc1ccccc1)NC(=O)OCC)C(N)=O. The van der Waals surface area contributed by atoms with Crippen LogP contribution >= 0.6 is 0 Å². The zero-order chi connectivity index (χ0) is 29.2. The van der Waals surface area contributed by atoms with E-state index in [4.69, 9.17) is 16.2 Å². The van der Waals surface area contributed by atoms with Gasteiger partial charge in [0.05, 0.1) is 6.61 Å². The standard InChI is InChI=1S/C27H44N6O6/c1-4-6-14-20(23(29)34)31-24(35)18(3)30-25(36)21(15-10-11-16-28)32-26(37)22(33-27(38)39-5-2)17-19-12-8-7-9-13-19/h7-9,12-13,18,20-22H,4-6,10-11,14-17,28H2,1-3H3,(H2,29,34)(H,30,36)(H,31,35)(H,32,37)(H,33,38)/t18-,20-,21-,22-/m0/s1. The fraction of sp³-hybridized carbons (Fsp3) is 0.593. The van der Waals surface area contributed by atoms with Gasteiger partial charge < -0.3 is 37.5 Å². The average Bonchev–Trinajstić information content (AvgIpc) is 2.90. The minimum Gasteiger partial charge on any atom is -0.450 e. The maximum Gasteiger partial charge on any atom is 0.407 e. The van der Waals surface area contributed by atoms with E-state index in [1.165, 1.54) is 6.92 Å². The molecule has 0 spiro atoms. The number of primary amides is 1. The highest BCUT2D eigenvalue weighted by Crippen LogP contribution is 2.07. The molecular formula is C27H44N6O6. The number of unbranched alkanes of at least 4 members (excludes halogenated alkanes) is 2. The van der Waals surface area contributed by atoms with Crippen LogP contribution in [0.3, 0.4) is 0 Å². The number of hydrogen-bond acceptors (Lipinski definition) is 7. The van der Waals surface area contributed by atoms with Crippen LogP contribution in [0.4, 0.5) is 4.79 Å². The predicted molar refractivity (Wildman–Crippen MR) is 147 cm³/mol. The molecule has 0 saturated heterocycles. The van der Waals surface area contributed by atoms with E-state index in [1.54, 1.807) is 6.92 Å². The Balaban J connectivity index is 2.97. The van der Waals surface area contributed by atoms with Crippen molar-refractivity contribution in [3.8, 4) is 0 Å². The van der Waals surface area contributed by atoms with Crippen LogP contribution < -0.4 is 32.7 Å². The van der Waals surface area contributed by atoms with Crippen molar-refractivity contribution in [1.29, 1.82) is 0 Å². The van der Waals surface area contributed by atoms with Crippen molar-refractivity contribution in [2.45, 2.75) is 89.9 Å². The molecule has 0 aromatic heterocycles. The van der Waals surface area contributed by atoms with Crippen LogP contribution in [0.1, 0.15) is 64.9 Å². The van der Waals surface area contributed by atoms with Gasteiger partial charge in [-0.05, 0) is 51.6 Å². The van der Waals surface area contributed by atoms with E-state index in [9.17, 15) is 24.0 Å². The second kappa shape index (κ2) is 18.6. The summed E-state index contributed by atoms with van der Waals surface area (Å²) < 4.78 is 4.94. The molecule has 1 aromatic carbocycles. The van der Waals surface area contributed by atoms with Gasteiger partial charge in [-0.2, -0.15) is 0 Å². The first-order valence-corrected chi connectivity index (χ1v) is 13.5. The van der Waals surface area contributed by atoms with Crippen molar-refractivity contribution in [1.82, 2.24) is 21.3 Å². The molecule has 0 aliphatic carbocycles. The van der Waals surface area contributed by atoms with Gasteiger partial charge in [0.25, 0.3) is 0 Å². The maximum atomic E-state index is 13.3. The number of nitrogens with two attached hydrogens (primary N) is 2. The highest BCUT2D eigenvalue weighted by molar-refractivity contribution is 5.95. The third kappa shape index (κ3) is 13.1. The summed E-state index contributed by atoms with van der Waals surface area (Å²) in [5.41, 5.74) is 11.8. The van der Waals surface area contributed by atoms with Crippen LogP contribution in [0.15, 0.2) is 30.3 Å². The van der Waals surface area contributed by atoms with Crippen LogP contribution in [-0.2, 0) is 30.3 Å². The summed E-state index contributed by atoms with van der Waals surface area (Å²) >= 11 is 0. The van der Waals surface area contributed by atoms with Gasteiger partial charge in [-0.3, -0.25) is 19.2 Å². The maximum absolute atomic E-state index is 13.3. The van der Waals surface area contributed by atoms with Gasteiger partial charge in [-0.25, -0.2) is 4.79 Å². The van der Waals surface area contributed by atoms with E-state index in [1.807, 2.05) is 37.3 Å². The van der Waals surface area contributed by atoms with Crippen molar-refractivity contribution in [3.05, 3.63) is 35.9 Å². The van der Waals surface area contributed by atoms with Crippen molar-refractivity contribution in [3.63, 3.8) is 0 Å². The number of hydrogen-bond donors (Lipinski definition) is 6. The Kier molecular flexibility index (Phi) is 15.9. The average molecular weight is 549 g/mol. The van der Waals surface area contributed by atoms with Gasteiger partial charge >= 0.3 is 6.09 Å². The van der Waals surface area contributed by atoms with Crippen LogP contribution in [-0.4, -0.2) is 67.0 Å². The number of ether oxygens (including phenoxy) is 1. The minimum atomic E-state index is -1.01. The molecule has 0 radical (unpaired) electrons. The molecule has 0 fully saturated rings. The van der Waals surface area contributed by atoms with Crippen molar-refractivity contribution < 1.29 is 28.7 Å². The zero-order valence-corrected chi connectivity index (χ0v) is 23.2. The van der Waals surface area contributed by atoms with Crippen molar-refractivity contribution in [2.24, 2.45) is 11.5 Å². The van der Waals surface area contributed by atoms with E-state index in [0.29, 0.717) is 32.2 Å². The molecule has 0 saturated carbocycles. The van der Waals surface area contributed by atoms with Crippen LogP contribution in [0.25, 0.3) is 0 Å². The lowest BCUT2D eigenvalue weighted by Gasteiger charge is -2.25. The second-order valence-electron chi connectivity index (χ2n) is 9.29. The molecule has 12 heteroatoms. The molecule has 0 unspecified atom stereocenters. The number of rotatable bonds is 18. The second-order valence-corrected chi connectivity index (χ2v) is 9.29. The summed E-state index contributed by atoms with van der Waals surface area (Å²) in [6.07, 6.45) is 2.78. The molecule has 12 nitrogen and oxygen atoms in total. The van der Waals surface area contributed by atoms with Crippen LogP contribution in [0.2, 0.25) is 0 Å². The molecule has 39 heavy (non-hydrogen) atoms. The quantitative estimate of drug-likeness (QED) is 0.145. The molecule has 8 N–H and O–H groups in total. The minimum absolute atomic E-state index is 0.130. The number of benzene rings is 1. The van der Waals surface area contributed by atoms with Gasteiger partial charge in [-0.15, -0.1) is 0 Å². The number of carbonyl (C=O) groups excluding carboxylic acids is 5. The van der Waals surface area contributed by atoms with Gasteiger partial charge in [0.1, 0.15) is 24.2 Å². The lowest BCUT2D eigenvalue weighted by atomic mass is 10.0. The Morgan fingerprint density at radius 1 is 0.795 bits per heavy atom. The molecule has 0 heterocycles. The largest absolute Gasteiger partial charge is 0.450 e. The number of amides is 5. The molecule has 0 aliphatic heterocycles. The summed E-state index contributed by atoms with van der Waals surface area (Å²) in [7, 11) is 0. The highest BCUT2D eigenvalue weighted by Gasteiger charge is 2.29. The van der Waals surface area contributed by atoms with Gasteiger partial charge in [0.15, 0.2) is 0 Å².